The van der Waals surface area contributed by atoms with Crippen molar-refractivity contribution in [1.29, 1.82) is 0 Å². The zero-order valence-electron chi connectivity index (χ0n) is 21.4. The van der Waals surface area contributed by atoms with Crippen LogP contribution in [0.2, 0.25) is 0 Å². The smallest absolute Gasteiger partial charge is 0.193 e. The van der Waals surface area contributed by atoms with E-state index in [1.807, 2.05) is 97.1 Å². The Morgan fingerprint density at radius 1 is 0.400 bits per heavy atom. The first-order valence-corrected chi connectivity index (χ1v) is 13.3. The monoisotopic (exact) mass is 514 g/mol. The number of hydrogen-bond acceptors (Lipinski definition) is 3. The Kier molecular flexibility index (Phi) is 4.98. The molecule has 0 aliphatic rings. The molecule has 6 aromatic carbocycles. The predicted molar refractivity (Wildman–Crippen MR) is 162 cm³/mol. The van der Waals surface area contributed by atoms with Gasteiger partial charge in [0.2, 0.25) is 0 Å². The third-order valence-corrected chi connectivity index (χ3v) is 7.72. The number of ketones is 1. The molecule has 0 amide bonds. The first-order chi connectivity index (χ1) is 19.7. The quantitative estimate of drug-likeness (QED) is 0.219. The van der Waals surface area contributed by atoms with Crippen LogP contribution in [0.1, 0.15) is 15.9 Å². The number of hydrogen-bond donors (Lipinski definition) is 0. The average Bonchev–Trinajstić information content (AvgIpc) is 3.59. The molecule has 8 aromatic rings. The molecule has 0 saturated carbocycles. The lowest BCUT2D eigenvalue weighted by molar-refractivity contribution is 0.103. The number of rotatable bonds is 4. The summed E-state index contributed by atoms with van der Waals surface area (Å²) >= 11 is 0. The van der Waals surface area contributed by atoms with Gasteiger partial charge in [-0.05, 0) is 23.3 Å². The number of carbonyl (C=O) groups is 1. The van der Waals surface area contributed by atoms with Crippen molar-refractivity contribution in [2.45, 2.75) is 0 Å². The topological polar surface area (TPSA) is 43.4 Å². The van der Waals surface area contributed by atoms with E-state index in [9.17, 15) is 4.79 Å². The molecule has 0 aliphatic carbocycles. The van der Waals surface area contributed by atoms with Gasteiger partial charge in [0.05, 0.1) is 0 Å². The Hall–Kier alpha value is -5.41. The fraction of sp³-hybridized carbons (Fsp3) is 0. The van der Waals surface area contributed by atoms with E-state index in [0.717, 1.165) is 66.1 Å². The summed E-state index contributed by atoms with van der Waals surface area (Å²) in [5, 5.41) is 4.38. The lowest BCUT2D eigenvalue weighted by Gasteiger charge is -2.07. The van der Waals surface area contributed by atoms with Crippen molar-refractivity contribution < 1.29 is 13.6 Å². The molecule has 0 fully saturated rings. The van der Waals surface area contributed by atoms with Gasteiger partial charge >= 0.3 is 0 Å². The van der Waals surface area contributed by atoms with Crippen molar-refractivity contribution in [3.05, 3.63) is 145 Å². The van der Waals surface area contributed by atoms with Crippen LogP contribution >= 0.6 is 0 Å². The minimum atomic E-state index is -0.0120. The van der Waals surface area contributed by atoms with Crippen molar-refractivity contribution in [2.24, 2.45) is 0 Å². The van der Waals surface area contributed by atoms with E-state index in [2.05, 4.69) is 36.4 Å². The Labute approximate surface area is 229 Å². The third-order valence-electron chi connectivity index (χ3n) is 7.72. The van der Waals surface area contributed by atoms with Crippen LogP contribution in [0.5, 0.6) is 0 Å². The standard InChI is InChI=1S/C37H22O3/c38-35(25-19-15-23(16-20-25)27-9-5-11-31-29-7-1-3-13-33(29)39-36(27)31)26-21-17-24(18-22-26)28-10-6-12-32-30-8-2-4-14-34(30)40-37(28)32/h1-22H. The molecule has 0 aliphatic heterocycles. The van der Waals surface area contributed by atoms with E-state index in [0.29, 0.717) is 11.1 Å². The van der Waals surface area contributed by atoms with Crippen molar-refractivity contribution >= 4 is 49.7 Å². The molecule has 0 radical (unpaired) electrons. The molecule has 40 heavy (non-hydrogen) atoms. The predicted octanol–water partition coefficient (Wildman–Crippen LogP) is 10.1. The van der Waals surface area contributed by atoms with E-state index in [1.54, 1.807) is 0 Å². The van der Waals surface area contributed by atoms with E-state index in [1.165, 1.54) is 0 Å². The Morgan fingerprint density at radius 2 is 0.800 bits per heavy atom. The minimum Gasteiger partial charge on any atom is -0.455 e. The summed E-state index contributed by atoms with van der Waals surface area (Å²) in [5.41, 5.74) is 8.80. The molecule has 0 bridgehead atoms. The number of carbonyl (C=O) groups excluding carboxylic acids is 1. The lowest BCUT2D eigenvalue weighted by atomic mass is 9.96. The largest absolute Gasteiger partial charge is 0.455 e. The second-order valence-corrected chi connectivity index (χ2v) is 10.0. The van der Waals surface area contributed by atoms with Crippen molar-refractivity contribution in [2.75, 3.05) is 0 Å². The summed E-state index contributed by atoms with van der Waals surface area (Å²) in [5.74, 6) is -0.0120. The Morgan fingerprint density at radius 3 is 1.25 bits per heavy atom. The molecule has 0 saturated heterocycles. The number of fused-ring (bicyclic) bond motifs is 6. The van der Waals surface area contributed by atoms with Crippen LogP contribution in [-0.2, 0) is 0 Å². The zero-order valence-corrected chi connectivity index (χ0v) is 21.4. The highest BCUT2D eigenvalue weighted by Crippen LogP contribution is 2.37. The van der Waals surface area contributed by atoms with Crippen molar-refractivity contribution in [1.82, 2.24) is 0 Å². The van der Waals surface area contributed by atoms with Gasteiger partial charge in [0, 0.05) is 43.8 Å². The first kappa shape index (κ1) is 22.6. The molecule has 2 heterocycles. The SMILES string of the molecule is O=C(c1ccc(-c2cccc3c2oc2ccccc23)cc1)c1ccc(-c2cccc3c2oc2ccccc23)cc1. The van der Waals surface area contributed by atoms with Crippen LogP contribution in [0.3, 0.4) is 0 Å². The van der Waals surface area contributed by atoms with E-state index >= 15 is 0 Å². The number of furan rings is 2. The highest BCUT2D eigenvalue weighted by molar-refractivity contribution is 6.12. The van der Waals surface area contributed by atoms with Crippen LogP contribution in [0.4, 0.5) is 0 Å². The van der Waals surface area contributed by atoms with Crippen LogP contribution in [0.15, 0.2) is 142 Å². The van der Waals surface area contributed by atoms with Crippen molar-refractivity contribution in [3.8, 4) is 22.3 Å². The molecule has 8 rings (SSSR count). The van der Waals surface area contributed by atoms with Crippen LogP contribution in [0.25, 0.3) is 66.1 Å². The molecular formula is C37H22O3. The Bertz CT molecular complexity index is 2050. The fourth-order valence-electron chi connectivity index (χ4n) is 5.72. The van der Waals surface area contributed by atoms with E-state index in [4.69, 9.17) is 8.83 Å². The molecule has 2 aromatic heterocycles. The lowest BCUT2D eigenvalue weighted by Crippen LogP contribution is -2.01. The molecule has 0 atom stereocenters. The summed E-state index contributed by atoms with van der Waals surface area (Å²) in [7, 11) is 0. The fourth-order valence-corrected chi connectivity index (χ4v) is 5.72. The molecular weight excluding hydrogens is 492 g/mol. The van der Waals surface area contributed by atoms with Crippen LogP contribution in [0, 0.1) is 0 Å². The maximum absolute atomic E-state index is 13.4. The molecule has 0 N–H and O–H groups in total. The van der Waals surface area contributed by atoms with Gasteiger partial charge in [0.15, 0.2) is 5.78 Å². The average molecular weight is 515 g/mol. The van der Waals surface area contributed by atoms with Crippen molar-refractivity contribution in [3.63, 3.8) is 0 Å². The second kappa shape index (κ2) is 8.82. The highest BCUT2D eigenvalue weighted by Gasteiger charge is 2.15. The second-order valence-electron chi connectivity index (χ2n) is 10.0. The zero-order chi connectivity index (χ0) is 26.6. The van der Waals surface area contributed by atoms with Crippen LogP contribution < -0.4 is 0 Å². The summed E-state index contributed by atoms with van der Waals surface area (Å²) in [6.07, 6.45) is 0. The molecule has 3 heteroatoms. The van der Waals surface area contributed by atoms with Gasteiger partial charge in [-0.2, -0.15) is 0 Å². The van der Waals surface area contributed by atoms with Gasteiger partial charge in [0.25, 0.3) is 0 Å². The number of benzene rings is 6. The highest BCUT2D eigenvalue weighted by atomic mass is 16.3. The molecule has 188 valence electrons. The van der Waals surface area contributed by atoms with E-state index in [-0.39, 0.29) is 5.78 Å². The van der Waals surface area contributed by atoms with Gasteiger partial charge in [0.1, 0.15) is 22.3 Å². The first-order valence-electron chi connectivity index (χ1n) is 13.3. The van der Waals surface area contributed by atoms with Gasteiger partial charge in [-0.3, -0.25) is 4.79 Å². The van der Waals surface area contributed by atoms with Gasteiger partial charge < -0.3 is 8.83 Å². The van der Waals surface area contributed by atoms with Gasteiger partial charge in [-0.25, -0.2) is 0 Å². The molecule has 0 unspecified atom stereocenters. The summed E-state index contributed by atoms with van der Waals surface area (Å²) in [6, 6.07) is 44.1. The Balaban J connectivity index is 1.10. The van der Waals surface area contributed by atoms with E-state index < -0.39 is 0 Å². The number of para-hydroxylation sites is 4. The minimum absolute atomic E-state index is 0.0120. The third kappa shape index (κ3) is 3.49. The maximum Gasteiger partial charge on any atom is 0.193 e. The summed E-state index contributed by atoms with van der Waals surface area (Å²) in [4.78, 5) is 13.4. The van der Waals surface area contributed by atoms with Crippen LogP contribution in [-0.4, -0.2) is 5.78 Å². The maximum atomic E-state index is 13.4. The summed E-state index contributed by atoms with van der Waals surface area (Å²) in [6.45, 7) is 0. The van der Waals surface area contributed by atoms with Gasteiger partial charge in [-0.15, -0.1) is 0 Å². The normalized spacial score (nSPS) is 11.6. The summed E-state index contributed by atoms with van der Waals surface area (Å²) < 4.78 is 12.4. The van der Waals surface area contributed by atoms with Gasteiger partial charge in [-0.1, -0.05) is 121 Å². The molecule has 0 spiro atoms. The molecule has 3 nitrogen and oxygen atoms in total.